The molecule has 2 rings (SSSR count). The van der Waals surface area contributed by atoms with Crippen LogP contribution in [0.3, 0.4) is 0 Å². The zero-order chi connectivity index (χ0) is 11.7. The quantitative estimate of drug-likeness (QED) is 0.793. The van der Waals surface area contributed by atoms with Gasteiger partial charge in [0.1, 0.15) is 17.3 Å². The summed E-state index contributed by atoms with van der Waals surface area (Å²) in [5.74, 6) is 2.31. The number of nitrogens with zero attached hydrogens (tertiary/aromatic N) is 2. The molecule has 2 aromatic rings. The molecule has 0 bridgehead atoms. The van der Waals surface area contributed by atoms with Crippen LogP contribution in [0, 0.1) is 17.4 Å². The molecule has 0 atom stereocenters. The zero-order valence-electron chi connectivity index (χ0n) is 9.03. The third-order valence-corrected chi connectivity index (χ3v) is 3.05. The second-order valence-corrected chi connectivity index (χ2v) is 4.72. The van der Waals surface area contributed by atoms with Gasteiger partial charge in [0, 0.05) is 6.20 Å². The lowest BCUT2D eigenvalue weighted by molar-refractivity contribution is 0.462. The minimum Gasteiger partial charge on any atom is -0.464 e. The molecule has 2 aromatic heterocycles. The molecule has 0 fully saturated rings. The second-order valence-electron chi connectivity index (χ2n) is 3.56. The van der Waals surface area contributed by atoms with Gasteiger partial charge in [-0.15, -0.1) is 0 Å². The smallest absolute Gasteiger partial charge is 0.267 e. The summed E-state index contributed by atoms with van der Waals surface area (Å²) in [5, 5.41) is 0. The van der Waals surface area contributed by atoms with Gasteiger partial charge in [-0.1, -0.05) is 0 Å². The van der Waals surface area contributed by atoms with Gasteiger partial charge in [-0.25, -0.2) is 4.98 Å². The van der Waals surface area contributed by atoms with Crippen LogP contribution in [0.5, 0.6) is 0 Å². The first kappa shape index (κ1) is 11.4. The summed E-state index contributed by atoms with van der Waals surface area (Å²) in [6, 6.07) is 3.76. The lowest BCUT2D eigenvalue weighted by Gasteiger charge is -2.07. The fourth-order valence-corrected chi connectivity index (χ4v) is 1.89. The van der Waals surface area contributed by atoms with Crippen LogP contribution in [0.1, 0.15) is 17.3 Å². The Bertz CT molecular complexity index is 572. The van der Waals surface area contributed by atoms with Gasteiger partial charge in [0.15, 0.2) is 0 Å². The normalized spacial score (nSPS) is 10.7. The lowest BCUT2D eigenvalue weighted by atomic mass is 10.4. The molecular formula is C11H11IN2O2. The van der Waals surface area contributed by atoms with E-state index in [1.807, 2.05) is 48.6 Å². The van der Waals surface area contributed by atoms with E-state index in [2.05, 4.69) is 4.98 Å². The molecule has 0 aliphatic rings. The fourth-order valence-electron chi connectivity index (χ4n) is 1.46. The highest BCUT2D eigenvalue weighted by molar-refractivity contribution is 14.1. The van der Waals surface area contributed by atoms with Crippen molar-refractivity contribution in [2.24, 2.45) is 0 Å². The van der Waals surface area contributed by atoms with E-state index in [0.29, 0.717) is 15.9 Å². The summed E-state index contributed by atoms with van der Waals surface area (Å²) >= 11 is 1.99. The number of furan rings is 1. The van der Waals surface area contributed by atoms with Gasteiger partial charge in [0.2, 0.25) is 0 Å². The van der Waals surface area contributed by atoms with E-state index in [9.17, 15) is 4.79 Å². The topological polar surface area (TPSA) is 48.0 Å². The largest absolute Gasteiger partial charge is 0.464 e. The average molecular weight is 330 g/mol. The summed E-state index contributed by atoms with van der Waals surface area (Å²) in [6.45, 7) is 4.13. The molecule has 0 spiro atoms. The van der Waals surface area contributed by atoms with Crippen LogP contribution in [0.25, 0.3) is 0 Å². The number of halogens is 1. The highest BCUT2D eigenvalue weighted by atomic mass is 127. The Hall–Kier alpha value is -1.11. The first-order valence-electron chi connectivity index (χ1n) is 4.85. The Morgan fingerprint density at radius 3 is 2.81 bits per heavy atom. The first-order valence-corrected chi connectivity index (χ1v) is 5.93. The average Bonchev–Trinajstić information content (AvgIpc) is 2.65. The van der Waals surface area contributed by atoms with Gasteiger partial charge in [-0.05, 0) is 48.6 Å². The highest BCUT2D eigenvalue weighted by Crippen LogP contribution is 2.08. The van der Waals surface area contributed by atoms with Gasteiger partial charge in [0.05, 0.1) is 10.1 Å². The molecule has 0 aliphatic heterocycles. The predicted octanol–water partition coefficient (Wildman–Crippen LogP) is 2.11. The Morgan fingerprint density at radius 2 is 2.19 bits per heavy atom. The minimum atomic E-state index is -0.0258. The maximum absolute atomic E-state index is 11.9. The monoisotopic (exact) mass is 330 g/mol. The number of hydrogen-bond donors (Lipinski definition) is 0. The number of aromatic nitrogens is 2. The maximum Gasteiger partial charge on any atom is 0.267 e. The third kappa shape index (κ3) is 2.18. The standard InChI is InChI=1S/C11H11IN2O2/c1-7-3-4-9(16-7)6-14-8(2)13-5-10(12)11(14)15/h3-5H,6H2,1-2H3. The van der Waals surface area contributed by atoms with Crippen molar-refractivity contribution in [1.29, 1.82) is 0 Å². The van der Waals surface area contributed by atoms with Crippen molar-refractivity contribution in [1.82, 2.24) is 9.55 Å². The summed E-state index contributed by atoms with van der Waals surface area (Å²) in [6.07, 6.45) is 1.59. The summed E-state index contributed by atoms with van der Waals surface area (Å²) in [4.78, 5) is 16.0. The molecule has 0 radical (unpaired) electrons. The predicted molar refractivity (Wildman–Crippen MR) is 68.5 cm³/mol. The zero-order valence-corrected chi connectivity index (χ0v) is 11.2. The molecule has 16 heavy (non-hydrogen) atoms. The van der Waals surface area contributed by atoms with Crippen LogP contribution in [0.2, 0.25) is 0 Å². The highest BCUT2D eigenvalue weighted by Gasteiger charge is 2.07. The van der Waals surface area contributed by atoms with Crippen molar-refractivity contribution in [2.45, 2.75) is 20.4 Å². The maximum atomic E-state index is 11.9. The van der Waals surface area contributed by atoms with Gasteiger partial charge >= 0.3 is 0 Å². The van der Waals surface area contributed by atoms with Crippen molar-refractivity contribution in [3.8, 4) is 0 Å². The van der Waals surface area contributed by atoms with Crippen molar-refractivity contribution in [3.63, 3.8) is 0 Å². The van der Waals surface area contributed by atoms with E-state index >= 15 is 0 Å². The molecule has 0 unspecified atom stereocenters. The van der Waals surface area contributed by atoms with Crippen LogP contribution in [0.15, 0.2) is 27.5 Å². The SMILES string of the molecule is Cc1ccc(Cn2c(C)ncc(I)c2=O)o1. The first-order chi connectivity index (χ1) is 7.58. The van der Waals surface area contributed by atoms with Crippen molar-refractivity contribution >= 4 is 22.6 Å². The Kier molecular flexibility index (Phi) is 3.13. The number of rotatable bonds is 2. The van der Waals surface area contributed by atoms with E-state index in [0.717, 1.165) is 11.5 Å². The third-order valence-electron chi connectivity index (χ3n) is 2.31. The summed E-state index contributed by atoms with van der Waals surface area (Å²) < 4.78 is 7.68. The van der Waals surface area contributed by atoms with Crippen LogP contribution in [-0.2, 0) is 6.54 Å². The van der Waals surface area contributed by atoms with Gasteiger partial charge < -0.3 is 4.42 Å². The van der Waals surface area contributed by atoms with E-state index in [1.165, 1.54) is 0 Å². The Morgan fingerprint density at radius 1 is 1.44 bits per heavy atom. The van der Waals surface area contributed by atoms with E-state index in [4.69, 9.17) is 4.42 Å². The Balaban J connectivity index is 2.42. The Labute approximate surface area is 106 Å². The van der Waals surface area contributed by atoms with Crippen molar-refractivity contribution < 1.29 is 4.42 Å². The number of hydrogen-bond acceptors (Lipinski definition) is 3. The van der Waals surface area contributed by atoms with Crippen LogP contribution in [0.4, 0.5) is 0 Å². The molecular weight excluding hydrogens is 319 g/mol. The molecule has 0 saturated carbocycles. The molecule has 84 valence electrons. The second kappa shape index (κ2) is 4.40. The molecule has 0 aromatic carbocycles. The van der Waals surface area contributed by atoms with Crippen molar-refractivity contribution in [2.75, 3.05) is 0 Å². The molecule has 0 aliphatic carbocycles. The van der Waals surface area contributed by atoms with Crippen molar-refractivity contribution in [3.05, 3.63) is 49.6 Å². The molecule has 2 heterocycles. The van der Waals surface area contributed by atoms with Crippen LogP contribution < -0.4 is 5.56 Å². The minimum absolute atomic E-state index is 0.0258. The lowest BCUT2D eigenvalue weighted by Crippen LogP contribution is -2.25. The molecule has 0 saturated heterocycles. The van der Waals surface area contributed by atoms with Gasteiger partial charge in [0.25, 0.3) is 5.56 Å². The molecule has 0 amide bonds. The van der Waals surface area contributed by atoms with Gasteiger partial charge in [-0.2, -0.15) is 0 Å². The molecule has 0 N–H and O–H groups in total. The number of aryl methyl sites for hydroxylation is 2. The summed E-state index contributed by atoms with van der Waals surface area (Å²) in [7, 11) is 0. The van der Waals surface area contributed by atoms with Crippen LogP contribution in [-0.4, -0.2) is 9.55 Å². The van der Waals surface area contributed by atoms with E-state index in [-0.39, 0.29) is 5.56 Å². The van der Waals surface area contributed by atoms with Gasteiger partial charge in [-0.3, -0.25) is 9.36 Å². The van der Waals surface area contributed by atoms with Crippen LogP contribution >= 0.6 is 22.6 Å². The van der Waals surface area contributed by atoms with E-state index in [1.54, 1.807) is 10.8 Å². The fraction of sp³-hybridized carbons (Fsp3) is 0.273. The molecule has 5 heteroatoms. The summed E-state index contributed by atoms with van der Waals surface area (Å²) in [5.41, 5.74) is -0.0258. The molecule has 4 nitrogen and oxygen atoms in total. The van der Waals surface area contributed by atoms with E-state index < -0.39 is 0 Å².